The number of nitrogens with one attached hydrogen (secondary N) is 2. The molecule has 140 valence electrons. The molecular formula is C18H30N4O2S. The van der Waals surface area contributed by atoms with Gasteiger partial charge in [-0.3, -0.25) is 4.99 Å². The summed E-state index contributed by atoms with van der Waals surface area (Å²) in [7, 11) is -1.89. The molecule has 2 rings (SSSR count). The molecule has 1 aliphatic rings. The smallest absolute Gasteiger partial charge is 0.238 e. The molecule has 0 bridgehead atoms. The first-order valence-corrected chi connectivity index (χ1v) is 10.6. The Labute approximate surface area is 151 Å². The van der Waals surface area contributed by atoms with Crippen molar-refractivity contribution in [3.63, 3.8) is 0 Å². The zero-order valence-electron chi connectivity index (χ0n) is 15.0. The molecule has 0 atom stereocenters. The second kappa shape index (κ2) is 9.77. The third kappa shape index (κ3) is 7.04. The van der Waals surface area contributed by atoms with E-state index in [2.05, 4.69) is 15.6 Å². The van der Waals surface area contributed by atoms with Crippen LogP contribution in [-0.2, 0) is 16.6 Å². The summed E-state index contributed by atoms with van der Waals surface area (Å²) < 4.78 is 22.5. The summed E-state index contributed by atoms with van der Waals surface area (Å²) in [5.74, 6) is 1.67. The van der Waals surface area contributed by atoms with E-state index in [1.807, 2.05) is 0 Å². The van der Waals surface area contributed by atoms with Crippen LogP contribution >= 0.6 is 0 Å². The normalized spacial score (nSPS) is 16.6. The Balaban J connectivity index is 1.69. The Morgan fingerprint density at radius 3 is 2.44 bits per heavy atom. The molecule has 1 aliphatic carbocycles. The lowest BCUT2D eigenvalue weighted by Crippen LogP contribution is -2.37. The first-order valence-electron chi connectivity index (χ1n) is 9.05. The highest BCUT2D eigenvalue weighted by Gasteiger charge is 2.12. The Hall–Kier alpha value is -1.60. The molecule has 7 heteroatoms. The van der Waals surface area contributed by atoms with Gasteiger partial charge in [-0.1, -0.05) is 44.2 Å². The molecule has 0 heterocycles. The van der Waals surface area contributed by atoms with Gasteiger partial charge in [-0.15, -0.1) is 0 Å². The Morgan fingerprint density at radius 2 is 1.84 bits per heavy atom. The van der Waals surface area contributed by atoms with Crippen molar-refractivity contribution in [2.75, 3.05) is 13.6 Å². The molecule has 25 heavy (non-hydrogen) atoms. The Kier molecular flexibility index (Phi) is 7.71. The van der Waals surface area contributed by atoms with E-state index in [1.54, 1.807) is 19.2 Å². The number of nitrogens with zero attached hydrogens (tertiary/aromatic N) is 1. The van der Waals surface area contributed by atoms with Gasteiger partial charge in [0.1, 0.15) is 0 Å². The maximum atomic E-state index is 11.3. The standard InChI is InChI=1S/C18H30N4O2S/c1-20-18(21-13-5-8-15-6-3-2-4-7-15)22-14-16-9-11-17(12-10-16)25(19,23)24/h9-12,15H,2-8,13-14H2,1H3,(H2,19,23,24)(H2,20,21,22). The lowest BCUT2D eigenvalue weighted by Gasteiger charge is -2.21. The summed E-state index contributed by atoms with van der Waals surface area (Å²) in [6.07, 6.45) is 9.43. The summed E-state index contributed by atoms with van der Waals surface area (Å²) in [4.78, 5) is 4.35. The van der Waals surface area contributed by atoms with Gasteiger partial charge >= 0.3 is 0 Å². The molecule has 0 radical (unpaired) electrons. The third-order valence-corrected chi connectivity index (χ3v) is 5.67. The topological polar surface area (TPSA) is 96.6 Å². The lowest BCUT2D eigenvalue weighted by atomic mass is 9.86. The number of rotatable bonds is 7. The Bertz CT molecular complexity index is 650. The zero-order valence-corrected chi connectivity index (χ0v) is 15.8. The van der Waals surface area contributed by atoms with Gasteiger partial charge in [0.05, 0.1) is 4.90 Å². The van der Waals surface area contributed by atoms with Gasteiger partial charge in [0.25, 0.3) is 0 Å². The summed E-state index contributed by atoms with van der Waals surface area (Å²) in [5, 5.41) is 11.7. The number of hydrogen-bond acceptors (Lipinski definition) is 3. The molecule has 1 fully saturated rings. The quantitative estimate of drug-likeness (QED) is 0.392. The fourth-order valence-corrected chi connectivity index (χ4v) is 3.79. The number of guanidine groups is 1. The molecule has 1 aromatic rings. The van der Waals surface area contributed by atoms with Gasteiger partial charge in [0.15, 0.2) is 5.96 Å². The summed E-state index contributed by atoms with van der Waals surface area (Å²) in [5.41, 5.74) is 0.970. The second-order valence-corrected chi connectivity index (χ2v) is 8.25. The summed E-state index contributed by atoms with van der Waals surface area (Å²) in [6, 6.07) is 6.55. The maximum absolute atomic E-state index is 11.3. The fraction of sp³-hybridized carbons (Fsp3) is 0.611. The average Bonchev–Trinajstić information content (AvgIpc) is 2.61. The van der Waals surface area contributed by atoms with Crippen LogP contribution in [0.3, 0.4) is 0 Å². The van der Waals surface area contributed by atoms with Crippen molar-refractivity contribution < 1.29 is 8.42 Å². The predicted octanol–water partition coefficient (Wildman–Crippen LogP) is 2.36. The monoisotopic (exact) mass is 366 g/mol. The van der Waals surface area contributed by atoms with E-state index in [0.29, 0.717) is 6.54 Å². The number of nitrogens with two attached hydrogens (primary N) is 1. The molecule has 6 nitrogen and oxygen atoms in total. The lowest BCUT2D eigenvalue weighted by molar-refractivity contribution is 0.332. The van der Waals surface area contributed by atoms with Crippen LogP contribution in [0.15, 0.2) is 34.2 Å². The minimum Gasteiger partial charge on any atom is -0.356 e. The van der Waals surface area contributed by atoms with Crippen LogP contribution in [0.25, 0.3) is 0 Å². The molecule has 0 spiro atoms. The molecular weight excluding hydrogens is 336 g/mol. The van der Waals surface area contributed by atoms with E-state index < -0.39 is 10.0 Å². The molecule has 1 aromatic carbocycles. The van der Waals surface area contributed by atoms with E-state index >= 15 is 0 Å². The van der Waals surface area contributed by atoms with E-state index in [-0.39, 0.29) is 4.90 Å². The van der Waals surface area contributed by atoms with Crippen molar-refractivity contribution in [1.82, 2.24) is 10.6 Å². The SMILES string of the molecule is CN=C(NCCCC1CCCCC1)NCc1ccc(S(N)(=O)=O)cc1. The van der Waals surface area contributed by atoms with E-state index in [0.717, 1.165) is 30.4 Å². The van der Waals surface area contributed by atoms with Crippen LogP contribution in [-0.4, -0.2) is 28.0 Å². The van der Waals surface area contributed by atoms with Crippen LogP contribution in [0, 0.1) is 5.92 Å². The largest absolute Gasteiger partial charge is 0.356 e. The molecule has 0 saturated heterocycles. The highest BCUT2D eigenvalue weighted by atomic mass is 32.2. The van der Waals surface area contributed by atoms with Crippen LogP contribution in [0.5, 0.6) is 0 Å². The van der Waals surface area contributed by atoms with Crippen molar-refractivity contribution in [1.29, 1.82) is 0 Å². The van der Waals surface area contributed by atoms with Crippen LogP contribution < -0.4 is 15.8 Å². The predicted molar refractivity (Wildman–Crippen MR) is 102 cm³/mol. The zero-order chi connectivity index (χ0) is 18.1. The molecule has 0 aliphatic heterocycles. The molecule has 0 amide bonds. The number of hydrogen-bond donors (Lipinski definition) is 3. The highest BCUT2D eigenvalue weighted by molar-refractivity contribution is 7.89. The molecule has 1 saturated carbocycles. The summed E-state index contributed by atoms with van der Waals surface area (Å²) in [6.45, 7) is 1.49. The summed E-state index contributed by atoms with van der Waals surface area (Å²) >= 11 is 0. The van der Waals surface area contributed by atoms with Gasteiger partial charge in [0.2, 0.25) is 10.0 Å². The fourth-order valence-electron chi connectivity index (χ4n) is 3.28. The van der Waals surface area contributed by atoms with E-state index in [1.165, 1.54) is 50.7 Å². The van der Waals surface area contributed by atoms with Crippen LogP contribution in [0.4, 0.5) is 0 Å². The molecule has 0 aromatic heterocycles. The van der Waals surface area contributed by atoms with Crippen molar-refractivity contribution in [2.24, 2.45) is 16.0 Å². The number of sulfonamides is 1. The first-order chi connectivity index (χ1) is 12.0. The number of benzene rings is 1. The van der Waals surface area contributed by atoms with Crippen molar-refractivity contribution in [2.45, 2.75) is 56.4 Å². The second-order valence-electron chi connectivity index (χ2n) is 6.69. The first kappa shape index (κ1) is 19.7. The van der Waals surface area contributed by atoms with Crippen LogP contribution in [0.2, 0.25) is 0 Å². The van der Waals surface area contributed by atoms with Crippen molar-refractivity contribution in [3.05, 3.63) is 29.8 Å². The third-order valence-electron chi connectivity index (χ3n) is 4.74. The van der Waals surface area contributed by atoms with Gasteiger partial charge in [0, 0.05) is 20.1 Å². The average molecular weight is 367 g/mol. The number of aliphatic imine (C=N–C) groups is 1. The minimum absolute atomic E-state index is 0.126. The van der Waals surface area contributed by atoms with Gasteiger partial charge in [-0.2, -0.15) is 0 Å². The molecule has 4 N–H and O–H groups in total. The Morgan fingerprint density at radius 1 is 1.16 bits per heavy atom. The highest BCUT2D eigenvalue weighted by Crippen LogP contribution is 2.26. The van der Waals surface area contributed by atoms with E-state index in [9.17, 15) is 8.42 Å². The minimum atomic E-state index is -3.64. The number of primary sulfonamides is 1. The van der Waals surface area contributed by atoms with E-state index in [4.69, 9.17) is 5.14 Å². The maximum Gasteiger partial charge on any atom is 0.238 e. The molecule has 0 unspecified atom stereocenters. The van der Waals surface area contributed by atoms with Crippen molar-refractivity contribution in [3.8, 4) is 0 Å². The van der Waals surface area contributed by atoms with Crippen LogP contribution in [0.1, 0.15) is 50.5 Å². The van der Waals surface area contributed by atoms with Gasteiger partial charge < -0.3 is 10.6 Å². The van der Waals surface area contributed by atoms with Gasteiger partial charge in [-0.25, -0.2) is 13.6 Å². The van der Waals surface area contributed by atoms with Crippen molar-refractivity contribution >= 4 is 16.0 Å². The van der Waals surface area contributed by atoms with Gasteiger partial charge in [-0.05, 0) is 36.5 Å².